The fraction of sp³-hybridized carbons (Fsp3) is 0.500. The van der Waals surface area contributed by atoms with E-state index in [-0.39, 0.29) is 0 Å². The summed E-state index contributed by atoms with van der Waals surface area (Å²) >= 11 is 0. The average molecular weight is 233 g/mol. The Morgan fingerprint density at radius 1 is 1.41 bits per heavy atom. The van der Waals surface area contributed by atoms with Crippen LogP contribution in [-0.4, -0.2) is 25.9 Å². The van der Waals surface area contributed by atoms with Crippen LogP contribution in [0.25, 0.3) is 0 Å². The van der Waals surface area contributed by atoms with Crippen molar-refractivity contribution >= 4 is 0 Å². The van der Waals surface area contributed by atoms with Gasteiger partial charge < -0.3 is 14.5 Å². The third-order valence-corrected chi connectivity index (χ3v) is 2.90. The lowest BCUT2D eigenvalue weighted by atomic mass is 10.3. The normalized spacial score (nSPS) is 10.9. The summed E-state index contributed by atoms with van der Waals surface area (Å²) in [5, 5.41) is 11.3. The van der Waals surface area contributed by atoms with Crippen LogP contribution in [0.2, 0.25) is 0 Å². The highest BCUT2D eigenvalue weighted by atomic mass is 15.2. The zero-order valence-electron chi connectivity index (χ0n) is 10.4. The molecule has 0 aliphatic carbocycles. The number of hydrogen-bond acceptors (Lipinski definition) is 3. The van der Waals surface area contributed by atoms with Gasteiger partial charge in [-0.1, -0.05) is 0 Å². The summed E-state index contributed by atoms with van der Waals surface area (Å²) in [6.45, 7) is 5.00. The summed E-state index contributed by atoms with van der Waals surface area (Å²) in [5.41, 5.74) is 1.32. The van der Waals surface area contributed by atoms with Crippen molar-refractivity contribution in [2.24, 2.45) is 7.05 Å². The first-order valence-electron chi connectivity index (χ1n) is 5.99. The Bertz CT molecular complexity index is 457. The minimum atomic E-state index is 0.901. The summed E-state index contributed by atoms with van der Waals surface area (Å²) in [6.07, 6.45) is 4.75. The van der Waals surface area contributed by atoms with Crippen molar-refractivity contribution in [2.75, 3.05) is 6.54 Å². The summed E-state index contributed by atoms with van der Waals surface area (Å²) < 4.78 is 4.20. The molecular formula is C12H19N5. The fourth-order valence-electron chi connectivity index (χ4n) is 1.87. The van der Waals surface area contributed by atoms with E-state index in [0.717, 1.165) is 31.9 Å². The molecule has 0 aliphatic rings. The topological polar surface area (TPSA) is 47.7 Å². The quantitative estimate of drug-likeness (QED) is 0.756. The molecule has 0 aromatic carbocycles. The van der Waals surface area contributed by atoms with Crippen LogP contribution in [0.4, 0.5) is 0 Å². The van der Waals surface area contributed by atoms with Crippen molar-refractivity contribution in [3.8, 4) is 0 Å². The molecule has 0 fully saturated rings. The average Bonchev–Trinajstić information content (AvgIpc) is 2.93. The first-order valence-corrected chi connectivity index (χ1v) is 5.99. The molecule has 0 bridgehead atoms. The molecule has 17 heavy (non-hydrogen) atoms. The molecular weight excluding hydrogens is 214 g/mol. The van der Waals surface area contributed by atoms with Crippen molar-refractivity contribution in [1.82, 2.24) is 24.6 Å². The van der Waals surface area contributed by atoms with Crippen molar-refractivity contribution in [3.05, 3.63) is 36.2 Å². The number of aryl methyl sites for hydroxylation is 2. The minimum absolute atomic E-state index is 0.901. The maximum absolute atomic E-state index is 4.05. The van der Waals surface area contributed by atoms with Crippen LogP contribution in [0.15, 0.2) is 24.7 Å². The standard InChI is InChI=1S/C12H19N5/c1-3-17-8-4-5-11(17)9-13-7-6-12-15-14-10-16(12)2/h4-5,8,10,13H,3,6-7,9H2,1-2H3. The van der Waals surface area contributed by atoms with Crippen molar-refractivity contribution < 1.29 is 0 Å². The van der Waals surface area contributed by atoms with Gasteiger partial charge in [0.05, 0.1) is 0 Å². The largest absolute Gasteiger partial charge is 0.351 e. The van der Waals surface area contributed by atoms with Crippen LogP contribution in [0.1, 0.15) is 18.4 Å². The van der Waals surface area contributed by atoms with E-state index in [2.05, 4.69) is 45.3 Å². The van der Waals surface area contributed by atoms with E-state index in [1.54, 1.807) is 6.33 Å². The van der Waals surface area contributed by atoms with E-state index in [1.807, 2.05) is 11.6 Å². The first-order chi connectivity index (χ1) is 8.31. The first kappa shape index (κ1) is 11.9. The van der Waals surface area contributed by atoms with Crippen molar-refractivity contribution in [2.45, 2.75) is 26.4 Å². The number of nitrogens with one attached hydrogen (secondary N) is 1. The predicted molar refractivity (Wildman–Crippen MR) is 66.5 cm³/mol. The van der Waals surface area contributed by atoms with Gasteiger partial charge >= 0.3 is 0 Å². The van der Waals surface area contributed by atoms with E-state index >= 15 is 0 Å². The van der Waals surface area contributed by atoms with Gasteiger partial charge in [-0.2, -0.15) is 0 Å². The second kappa shape index (κ2) is 5.63. The molecule has 0 atom stereocenters. The van der Waals surface area contributed by atoms with E-state index in [4.69, 9.17) is 0 Å². The summed E-state index contributed by atoms with van der Waals surface area (Å²) in [4.78, 5) is 0. The molecule has 0 amide bonds. The van der Waals surface area contributed by atoms with E-state index in [0.29, 0.717) is 0 Å². The highest BCUT2D eigenvalue weighted by Gasteiger charge is 2.01. The van der Waals surface area contributed by atoms with Gasteiger partial charge in [-0.3, -0.25) is 0 Å². The monoisotopic (exact) mass is 233 g/mol. The summed E-state index contributed by atoms with van der Waals surface area (Å²) in [7, 11) is 1.97. The Kier molecular flexibility index (Phi) is 3.93. The fourth-order valence-corrected chi connectivity index (χ4v) is 1.87. The highest BCUT2D eigenvalue weighted by molar-refractivity contribution is 5.06. The minimum Gasteiger partial charge on any atom is -0.351 e. The Balaban J connectivity index is 1.75. The molecule has 0 saturated heterocycles. The van der Waals surface area contributed by atoms with E-state index in [1.165, 1.54) is 5.69 Å². The van der Waals surface area contributed by atoms with Gasteiger partial charge in [-0.05, 0) is 19.1 Å². The third kappa shape index (κ3) is 2.94. The van der Waals surface area contributed by atoms with Gasteiger partial charge in [-0.25, -0.2) is 0 Å². The molecule has 1 N–H and O–H groups in total. The lowest BCUT2D eigenvalue weighted by Gasteiger charge is -2.07. The lowest BCUT2D eigenvalue weighted by Crippen LogP contribution is -2.19. The molecule has 0 spiro atoms. The van der Waals surface area contributed by atoms with Crippen LogP contribution in [-0.2, 0) is 26.6 Å². The Morgan fingerprint density at radius 2 is 2.29 bits per heavy atom. The molecule has 0 radical (unpaired) electrons. The second-order valence-corrected chi connectivity index (χ2v) is 4.07. The third-order valence-electron chi connectivity index (χ3n) is 2.90. The van der Waals surface area contributed by atoms with Gasteiger partial charge in [-0.15, -0.1) is 10.2 Å². The van der Waals surface area contributed by atoms with Gasteiger partial charge in [0, 0.05) is 45.0 Å². The molecule has 2 heterocycles. The number of nitrogens with zero attached hydrogens (tertiary/aromatic N) is 4. The Hall–Kier alpha value is -1.62. The molecule has 0 unspecified atom stereocenters. The number of rotatable bonds is 6. The molecule has 92 valence electrons. The van der Waals surface area contributed by atoms with Crippen molar-refractivity contribution in [1.29, 1.82) is 0 Å². The smallest absolute Gasteiger partial charge is 0.133 e. The molecule has 2 aromatic rings. The molecule has 2 rings (SSSR count). The SMILES string of the molecule is CCn1cccc1CNCCc1nncn1C. The highest BCUT2D eigenvalue weighted by Crippen LogP contribution is 2.01. The van der Waals surface area contributed by atoms with Crippen molar-refractivity contribution in [3.63, 3.8) is 0 Å². The summed E-state index contributed by atoms with van der Waals surface area (Å²) in [5.74, 6) is 1.02. The van der Waals surface area contributed by atoms with Gasteiger partial charge in [0.1, 0.15) is 12.2 Å². The van der Waals surface area contributed by atoms with Crippen LogP contribution < -0.4 is 5.32 Å². The second-order valence-electron chi connectivity index (χ2n) is 4.07. The van der Waals surface area contributed by atoms with E-state index < -0.39 is 0 Å². The zero-order valence-corrected chi connectivity index (χ0v) is 10.4. The van der Waals surface area contributed by atoms with Gasteiger partial charge in [0.25, 0.3) is 0 Å². The van der Waals surface area contributed by atoms with Gasteiger partial charge in [0.2, 0.25) is 0 Å². The maximum Gasteiger partial charge on any atom is 0.133 e. The molecule has 0 saturated carbocycles. The summed E-state index contributed by atoms with van der Waals surface area (Å²) in [6, 6.07) is 4.24. The number of hydrogen-bond donors (Lipinski definition) is 1. The van der Waals surface area contributed by atoms with Crippen LogP contribution >= 0.6 is 0 Å². The molecule has 5 heteroatoms. The van der Waals surface area contributed by atoms with Crippen LogP contribution in [0.3, 0.4) is 0 Å². The maximum atomic E-state index is 4.05. The number of aromatic nitrogens is 4. The zero-order chi connectivity index (χ0) is 12.1. The molecule has 2 aromatic heterocycles. The predicted octanol–water partition coefficient (Wildman–Crippen LogP) is 0.969. The van der Waals surface area contributed by atoms with Crippen LogP contribution in [0.5, 0.6) is 0 Å². The molecule has 0 aliphatic heterocycles. The van der Waals surface area contributed by atoms with Gasteiger partial charge in [0.15, 0.2) is 0 Å². The van der Waals surface area contributed by atoms with Crippen LogP contribution in [0, 0.1) is 0 Å². The van der Waals surface area contributed by atoms with E-state index in [9.17, 15) is 0 Å². The molecule has 5 nitrogen and oxygen atoms in total. The lowest BCUT2D eigenvalue weighted by molar-refractivity contribution is 0.614. The Morgan fingerprint density at radius 3 is 3.00 bits per heavy atom. The Labute approximate surface area is 101 Å².